The molecule has 1 aliphatic rings. The number of carbonyl (C=O) groups excluding carboxylic acids is 1. The van der Waals surface area contributed by atoms with Crippen molar-refractivity contribution in [2.75, 3.05) is 5.32 Å². The Balaban J connectivity index is 2.40. The molecule has 1 amide bonds. The van der Waals surface area contributed by atoms with Crippen molar-refractivity contribution in [3.8, 4) is 5.75 Å². The molecule has 1 aliphatic heterocycles. The molecule has 86 valence electrons. The number of hydrogen-bond donors (Lipinski definition) is 1. The quantitative estimate of drug-likeness (QED) is 0.744. The van der Waals surface area contributed by atoms with Crippen LogP contribution in [0.25, 0.3) is 0 Å². The summed E-state index contributed by atoms with van der Waals surface area (Å²) in [6.07, 6.45) is -5.12. The van der Waals surface area contributed by atoms with Crippen LogP contribution >= 0.6 is 0 Å². The van der Waals surface area contributed by atoms with Gasteiger partial charge < -0.3 is 10.1 Å². The largest absolute Gasteiger partial charge is 0.479 e. The van der Waals surface area contributed by atoms with Crippen LogP contribution in [-0.4, -0.2) is 12.0 Å². The van der Waals surface area contributed by atoms with Crippen LogP contribution in [0.4, 0.5) is 18.9 Å². The first kappa shape index (κ1) is 10.8. The first-order chi connectivity index (χ1) is 7.38. The van der Waals surface area contributed by atoms with E-state index < -0.39 is 23.8 Å². The molecule has 1 atom stereocenters. The lowest BCUT2D eigenvalue weighted by atomic mass is 10.1. The monoisotopic (exact) mass is 231 g/mol. The zero-order valence-corrected chi connectivity index (χ0v) is 8.26. The lowest BCUT2D eigenvalue weighted by Gasteiger charge is -2.23. The number of amides is 1. The van der Waals surface area contributed by atoms with Gasteiger partial charge in [0, 0.05) is 0 Å². The number of benzene rings is 1. The maximum Gasteiger partial charge on any atom is 0.416 e. The van der Waals surface area contributed by atoms with Crippen LogP contribution in [0.1, 0.15) is 12.5 Å². The molecule has 16 heavy (non-hydrogen) atoms. The Morgan fingerprint density at radius 3 is 2.69 bits per heavy atom. The van der Waals surface area contributed by atoms with Gasteiger partial charge in [0.25, 0.3) is 5.91 Å². The van der Waals surface area contributed by atoms with Gasteiger partial charge in [-0.05, 0) is 25.1 Å². The topological polar surface area (TPSA) is 38.3 Å². The van der Waals surface area contributed by atoms with Crippen LogP contribution in [0.15, 0.2) is 18.2 Å². The first-order valence-electron chi connectivity index (χ1n) is 4.56. The number of anilines is 1. The van der Waals surface area contributed by atoms with Crippen molar-refractivity contribution in [1.29, 1.82) is 0 Å². The van der Waals surface area contributed by atoms with E-state index in [1.165, 1.54) is 13.0 Å². The minimum atomic E-state index is -4.43. The Labute approximate surface area is 89.2 Å². The third-order valence-corrected chi connectivity index (χ3v) is 2.24. The highest BCUT2D eigenvalue weighted by molar-refractivity contribution is 5.97. The molecule has 3 nitrogen and oxygen atoms in total. The number of halogens is 3. The van der Waals surface area contributed by atoms with E-state index in [1.54, 1.807) is 0 Å². The minimum absolute atomic E-state index is 0.0536. The molecular weight excluding hydrogens is 223 g/mol. The van der Waals surface area contributed by atoms with E-state index in [2.05, 4.69) is 5.32 Å². The van der Waals surface area contributed by atoms with Crippen LogP contribution in [0, 0.1) is 0 Å². The summed E-state index contributed by atoms with van der Waals surface area (Å²) in [5.74, 6) is -0.202. The molecule has 1 aromatic carbocycles. The Hall–Kier alpha value is -1.72. The lowest BCUT2D eigenvalue weighted by molar-refractivity contribution is -0.137. The van der Waals surface area contributed by atoms with Gasteiger partial charge in [-0.2, -0.15) is 13.2 Å². The number of rotatable bonds is 0. The van der Waals surface area contributed by atoms with Crippen LogP contribution in [0.2, 0.25) is 0 Å². The second-order valence-corrected chi connectivity index (χ2v) is 3.46. The van der Waals surface area contributed by atoms with E-state index in [-0.39, 0.29) is 11.4 Å². The molecule has 1 unspecified atom stereocenters. The van der Waals surface area contributed by atoms with Crippen LogP contribution < -0.4 is 10.1 Å². The number of hydrogen-bond acceptors (Lipinski definition) is 2. The maximum atomic E-state index is 12.4. The first-order valence-corrected chi connectivity index (χ1v) is 4.56. The lowest BCUT2D eigenvalue weighted by Crippen LogP contribution is -2.34. The van der Waals surface area contributed by atoms with E-state index in [9.17, 15) is 18.0 Å². The Bertz CT molecular complexity index is 442. The minimum Gasteiger partial charge on any atom is -0.479 e. The Morgan fingerprint density at radius 1 is 1.38 bits per heavy atom. The molecule has 0 aliphatic carbocycles. The Morgan fingerprint density at radius 2 is 2.06 bits per heavy atom. The summed E-state index contributed by atoms with van der Waals surface area (Å²) >= 11 is 0. The highest BCUT2D eigenvalue weighted by Gasteiger charge is 2.33. The number of ether oxygens (including phenoxy) is 1. The van der Waals surface area contributed by atoms with Crippen LogP contribution in [0.5, 0.6) is 5.75 Å². The number of alkyl halides is 3. The third-order valence-electron chi connectivity index (χ3n) is 2.24. The average Bonchev–Trinajstić information content (AvgIpc) is 2.17. The zero-order chi connectivity index (χ0) is 11.9. The maximum absolute atomic E-state index is 12.4. The highest BCUT2D eigenvalue weighted by Crippen LogP contribution is 2.36. The number of nitrogens with one attached hydrogen (secondary N) is 1. The predicted octanol–water partition coefficient (Wildman–Crippen LogP) is 2.42. The van der Waals surface area contributed by atoms with Gasteiger partial charge in [-0.25, -0.2) is 0 Å². The van der Waals surface area contributed by atoms with E-state index in [1.807, 2.05) is 0 Å². The van der Waals surface area contributed by atoms with Crippen molar-refractivity contribution in [1.82, 2.24) is 0 Å². The zero-order valence-electron chi connectivity index (χ0n) is 8.26. The second-order valence-electron chi connectivity index (χ2n) is 3.46. The van der Waals surface area contributed by atoms with Gasteiger partial charge in [-0.1, -0.05) is 0 Å². The fourth-order valence-electron chi connectivity index (χ4n) is 1.39. The summed E-state index contributed by atoms with van der Waals surface area (Å²) in [4.78, 5) is 11.2. The standard InChI is InChI=1S/C10H8F3NO2/c1-5-9(15)14-7-4-6(10(11,12)13)2-3-8(7)16-5/h2-5H,1H3,(H,14,15). The molecule has 0 fully saturated rings. The second kappa shape index (κ2) is 3.40. The summed E-state index contributed by atoms with van der Waals surface area (Å²) < 4.78 is 42.3. The van der Waals surface area contributed by atoms with Crippen molar-refractivity contribution >= 4 is 11.6 Å². The molecule has 1 N–H and O–H groups in total. The van der Waals surface area contributed by atoms with Crippen molar-refractivity contribution in [3.63, 3.8) is 0 Å². The smallest absolute Gasteiger partial charge is 0.416 e. The average molecular weight is 231 g/mol. The van der Waals surface area contributed by atoms with E-state index in [0.717, 1.165) is 12.1 Å². The normalized spacial score (nSPS) is 19.8. The molecule has 1 heterocycles. The van der Waals surface area contributed by atoms with Crippen LogP contribution in [0.3, 0.4) is 0 Å². The third kappa shape index (κ3) is 1.82. The van der Waals surface area contributed by atoms with Crippen molar-refractivity contribution in [3.05, 3.63) is 23.8 Å². The fourth-order valence-corrected chi connectivity index (χ4v) is 1.39. The molecule has 0 radical (unpaired) electrons. The van der Waals surface area contributed by atoms with E-state index >= 15 is 0 Å². The van der Waals surface area contributed by atoms with Crippen molar-refractivity contribution in [2.45, 2.75) is 19.2 Å². The summed E-state index contributed by atoms with van der Waals surface area (Å²) in [5.41, 5.74) is -0.761. The van der Waals surface area contributed by atoms with Crippen molar-refractivity contribution in [2.24, 2.45) is 0 Å². The molecule has 6 heteroatoms. The van der Waals surface area contributed by atoms with Gasteiger partial charge in [0.05, 0.1) is 11.3 Å². The van der Waals surface area contributed by atoms with Crippen molar-refractivity contribution < 1.29 is 22.7 Å². The molecule has 0 bridgehead atoms. The number of fused-ring (bicyclic) bond motifs is 1. The van der Waals surface area contributed by atoms with Gasteiger partial charge in [0.2, 0.25) is 0 Å². The van der Waals surface area contributed by atoms with Gasteiger partial charge >= 0.3 is 6.18 Å². The molecule has 0 spiro atoms. The fraction of sp³-hybridized carbons (Fsp3) is 0.300. The SMILES string of the molecule is CC1Oc2ccc(C(F)(F)F)cc2NC1=O. The summed E-state index contributed by atoms with van der Waals surface area (Å²) in [7, 11) is 0. The molecule has 2 rings (SSSR count). The predicted molar refractivity (Wildman–Crippen MR) is 50.2 cm³/mol. The molecule has 0 saturated carbocycles. The van der Waals surface area contributed by atoms with Gasteiger partial charge in [0.15, 0.2) is 6.10 Å². The molecule has 0 saturated heterocycles. The molecule has 1 aromatic rings. The molecular formula is C10H8F3NO2. The van der Waals surface area contributed by atoms with Gasteiger partial charge in [-0.15, -0.1) is 0 Å². The van der Waals surface area contributed by atoms with Gasteiger partial charge in [-0.3, -0.25) is 4.79 Å². The Kier molecular flexibility index (Phi) is 2.29. The summed E-state index contributed by atoms with van der Waals surface area (Å²) in [6, 6.07) is 2.98. The number of carbonyl (C=O) groups is 1. The van der Waals surface area contributed by atoms with E-state index in [0.29, 0.717) is 0 Å². The van der Waals surface area contributed by atoms with Gasteiger partial charge in [0.1, 0.15) is 5.75 Å². The van der Waals surface area contributed by atoms with E-state index in [4.69, 9.17) is 4.74 Å². The highest BCUT2D eigenvalue weighted by atomic mass is 19.4. The summed E-state index contributed by atoms with van der Waals surface area (Å²) in [6.45, 7) is 1.52. The van der Waals surface area contributed by atoms with Crippen LogP contribution in [-0.2, 0) is 11.0 Å². The molecule has 0 aromatic heterocycles. The summed E-state index contributed by atoms with van der Waals surface area (Å²) in [5, 5.41) is 2.36.